The third-order valence-corrected chi connectivity index (χ3v) is 7.20. The average Bonchev–Trinajstić information content (AvgIpc) is 2.82. The van der Waals surface area contributed by atoms with Gasteiger partial charge in [0.15, 0.2) is 9.84 Å². The van der Waals surface area contributed by atoms with Crippen molar-refractivity contribution >= 4 is 21.7 Å². The van der Waals surface area contributed by atoms with E-state index in [-0.39, 0.29) is 42.4 Å². The summed E-state index contributed by atoms with van der Waals surface area (Å²) in [5, 5.41) is 2.47. The highest BCUT2D eigenvalue weighted by Crippen LogP contribution is 2.30. The van der Waals surface area contributed by atoms with Crippen LogP contribution in [-0.2, 0) is 20.8 Å². The molecule has 7 nitrogen and oxygen atoms in total. The lowest BCUT2D eigenvalue weighted by Crippen LogP contribution is -2.60. The van der Waals surface area contributed by atoms with Crippen molar-refractivity contribution in [1.82, 2.24) is 15.1 Å². The Bertz CT molecular complexity index is 1110. The largest absolute Gasteiger partial charge is 0.416 e. The van der Waals surface area contributed by atoms with Gasteiger partial charge in [0.25, 0.3) is 5.91 Å². The fourth-order valence-electron chi connectivity index (χ4n) is 3.67. The van der Waals surface area contributed by atoms with Crippen LogP contribution in [0, 0.1) is 0 Å². The smallest absolute Gasteiger partial charge is 0.357 e. The molecule has 1 atom stereocenters. The Morgan fingerprint density at radius 2 is 1.76 bits per heavy atom. The molecule has 0 radical (unpaired) electrons. The molecule has 0 spiro atoms. The van der Waals surface area contributed by atoms with Crippen molar-refractivity contribution in [1.29, 1.82) is 0 Å². The standard InChI is InChI=1S/C22H24F3N3O4S/c1-26-20(29)19-15-27(12-13-33(31,32)18-8-3-2-4-9-18)10-11-28(19)21(30)16-6-5-7-17(14-16)22(23,24)25/h2-9,14,19H,10-13,15H2,1H3,(H,26,29). The van der Waals surface area contributed by atoms with Crippen molar-refractivity contribution in [3.8, 4) is 0 Å². The van der Waals surface area contributed by atoms with E-state index >= 15 is 0 Å². The summed E-state index contributed by atoms with van der Waals surface area (Å²) in [4.78, 5) is 28.7. The fraction of sp³-hybridized carbons (Fsp3) is 0.364. The van der Waals surface area contributed by atoms with E-state index in [2.05, 4.69) is 5.32 Å². The Kier molecular flexibility index (Phi) is 7.43. The molecular weight excluding hydrogens is 459 g/mol. The van der Waals surface area contributed by atoms with Crippen molar-refractivity contribution in [2.45, 2.75) is 17.1 Å². The number of benzene rings is 2. The van der Waals surface area contributed by atoms with Crippen LogP contribution < -0.4 is 5.32 Å². The number of nitrogens with one attached hydrogen (secondary N) is 1. The maximum atomic E-state index is 13.0. The number of carbonyl (C=O) groups excluding carboxylic acids is 2. The summed E-state index contributed by atoms with van der Waals surface area (Å²) in [5.74, 6) is -1.34. The van der Waals surface area contributed by atoms with Crippen LogP contribution in [0.1, 0.15) is 15.9 Å². The molecule has 1 fully saturated rings. The summed E-state index contributed by atoms with van der Waals surface area (Å²) in [5.41, 5.74) is -1.12. The molecule has 1 aliphatic heterocycles. The van der Waals surface area contributed by atoms with Crippen molar-refractivity contribution < 1.29 is 31.2 Å². The summed E-state index contributed by atoms with van der Waals surface area (Å²) in [7, 11) is -2.13. The van der Waals surface area contributed by atoms with E-state index < -0.39 is 39.4 Å². The summed E-state index contributed by atoms with van der Waals surface area (Å²) in [6, 6.07) is 11.1. The highest BCUT2D eigenvalue weighted by molar-refractivity contribution is 7.91. The quantitative estimate of drug-likeness (QED) is 0.680. The predicted molar refractivity (Wildman–Crippen MR) is 115 cm³/mol. The molecule has 1 saturated heterocycles. The third kappa shape index (κ3) is 5.91. The van der Waals surface area contributed by atoms with Gasteiger partial charge >= 0.3 is 6.18 Å². The van der Waals surface area contributed by atoms with E-state index in [0.29, 0.717) is 0 Å². The van der Waals surface area contributed by atoms with Crippen LogP contribution in [0.2, 0.25) is 0 Å². The van der Waals surface area contributed by atoms with Crippen LogP contribution in [0.5, 0.6) is 0 Å². The zero-order valence-corrected chi connectivity index (χ0v) is 18.7. The van der Waals surface area contributed by atoms with Gasteiger partial charge in [-0.3, -0.25) is 14.5 Å². The topological polar surface area (TPSA) is 86.8 Å². The van der Waals surface area contributed by atoms with E-state index in [1.54, 1.807) is 23.1 Å². The Balaban J connectivity index is 1.73. The maximum absolute atomic E-state index is 13.0. The molecule has 0 saturated carbocycles. The minimum absolute atomic E-state index is 0.0642. The monoisotopic (exact) mass is 483 g/mol. The summed E-state index contributed by atoms with van der Waals surface area (Å²) < 4.78 is 64.2. The first kappa shape index (κ1) is 24.7. The third-order valence-electron chi connectivity index (χ3n) is 5.49. The van der Waals surface area contributed by atoms with Gasteiger partial charge in [-0.25, -0.2) is 8.42 Å². The molecule has 0 bridgehead atoms. The first-order valence-electron chi connectivity index (χ1n) is 10.2. The SMILES string of the molecule is CNC(=O)C1CN(CCS(=O)(=O)c2ccccc2)CCN1C(=O)c1cccc(C(F)(F)F)c1. The molecule has 0 aromatic heterocycles. The molecule has 11 heteroatoms. The first-order chi connectivity index (χ1) is 15.5. The molecule has 3 rings (SSSR count). The maximum Gasteiger partial charge on any atom is 0.416 e. The number of rotatable bonds is 6. The Morgan fingerprint density at radius 3 is 2.39 bits per heavy atom. The molecule has 1 aliphatic rings. The van der Waals surface area contributed by atoms with E-state index in [0.717, 1.165) is 18.2 Å². The minimum Gasteiger partial charge on any atom is -0.357 e. The lowest BCUT2D eigenvalue weighted by Gasteiger charge is -2.40. The van der Waals surface area contributed by atoms with E-state index in [9.17, 15) is 31.2 Å². The zero-order valence-electron chi connectivity index (χ0n) is 17.9. The summed E-state index contributed by atoms with van der Waals surface area (Å²) in [6.07, 6.45) is -4.60. The van der Waals surface area contributed by atoms with Gasteiger partial charge in [-0.1, -0.05) is 24.3 Å². The van der Waals surface area contributed by atoms with Crippen LogP contribution in [0.15, 0.2) is 59.5 Å². The van der Waals surface area contributed by atoms with Crippen LogP contribution in [0.4, 0.5) is 13.2 Å². The first-order valence-corrected chi connectivity index (χ1v) is 11.9. The highest BCUT2D eigenvalue weighted by Gasteiger charge is 2.37. The number of likely N-dealkylation sites (N-methyl/N-ethyl adjacent to an activating group) is 1. The van der Waals surface area contributed by atoms with Gasteiger partial charge in [-0.05, 0) is 30.3 Å². The molecule has 2 amide bonds. The molecule has 33 heavy (non-hydrogen) atoms. The normalized spacial score (nSPS) is 17.6. The van der Waals surface area contributed by atoms with Gasteiger partial charge in [0.1, 0.15) is 6.04 Å². The Hall–Kier alpha value is -2.92. The van der Waals surface area contributed by atoms with Crippen LogP contribution in [-0.4, -0.2) is 75.1 Å². The molecular formula is C22H24F3N3O4S. The van der Waals surface area contributed by atoms with E-state index in [1.165, 1.54) is 30.1 Å². The van der Waals surface area contributed by atoms with Crippen molar-refractivity contribution in [3.05, 3.63) is 65.7 Å². The Morgan fingerprint density at radius 1 is 1.06 bits per heavy atom. The zero-order chi connectivity index (χ0) is 24.2. The molecule has 0 aliphatic carbocycles. The molecule has 1 heterocycles. The number of sulfone groups is 1. The summed E-state index contributed by atoms with van der Waals surface area (Å²) in [6.45, 7) is 0.562. The molecule has 2 aromatic rings. The molecule has 1 N–H and O–H groups in total. The molecule has 1 unspecified atom stereocenters. The predicted octanol–water partition coefficient (Wildman–Crippen LogP) is 2.05. The number of piperazine rings is 1. The average molecular weight is 484 g/mol. The van der Waals surface area contributed by atoms with Crippen molar-refractivity contribution in [3.63, 3.8) is 0 Å². The summed E-state index contributed by atoms with van der Waals surface area (Å²) >= 11 is 0. The van der Waals surface area contributed by atoms with Crippen LogP contribution in [0.25, 0.3) is 0 Å². The highest BCUT2D eigenvalue weighted by atomic mass is 32.2. The second-order valence-corrected chi connectivity index (χ2v) is 9.75. The number of amides is 2. The van der Waals surface area contributed by atoms with Gasteiger partial charge in [-0.2, -0.15) is 13.2 Å². The fourth-order valence-corrected chi connectivity index (χ4v) is 4.97. The van der Waals surface area contributed by atoms with Crippen molar-refractivity contribution in [2.75, 3.05) is 39.0 Å². The number of hydrogen-bond donors (Lipinski definition) is 1. The lowest BCUT2D eigenvalue weighted by molar-refractivity contribution is -0.137. The number of hydrogen-bond acceptors (Lipinski definition) is 5. The number of alkyl halides is 3. The molecule has 178 valence electrons. The van der Waals surface area contributed by atoms with Gasteiger partial charge in [-0.15, -0.1) is 0 Å². The lowest BCUT2D eigenvalue weighted by atomic mass is 10.1. The van der Waals surface area contributed by atoms with Gasteiger partial charge in [0, 0.05) is 38.8 Å². The van der Waals surface area contributed by atoms with Crippen LogP contribution >= 0.6 is 0 Å². The van der Waals surface area contributed by atoms with Gasteiger partial charge in [0.2, 0.25) is 5.91 Å². The van der Waals surface area contributed by atoms with Gasteiger partial charge < -0.3 is 10.2 Å². The van der Waals surface area contributed by atoms with Gasteiger partial charge in [0.05, 0.1) is 16.2 Å². The second-order valence-electron chi connectivity index (χ2n) is 7.64. The van der Waals surface area contributed by atoms with E-state index in [4.69, 9.17) is 0 Å². The number of nitrogens with zero attached hydrogens (tertiary/aromatic N) is 2. The number of halogens is 3. The minimum atomic E-state index is -4.60. The van der Waals surface area contributed by atoms with E-state index in [1.807, 2.05) is 0 Å². The Labute approximate surface area is 190 Å². The number of carbonyl (C=O) groups is 2. The molecule has 2 aromatic carbocycles. The second kappa shape index (κ2) is 9.92. The van der Waals surface area contributed by atoms with Crippen molar-refractivity contribution in [2.24, 2.45) is 0 Å². The van der Waals surface area contributed by atoms with Crippen LogP contribution in [0.3, 0.4) is 0 Å².